The molecule has 0 aliphatic carbocycles. The van der Waals surface area contributed by atoms with Gasteiger partial charge in [-0.3, -0.25) is 0 Å². The second-order valence-electron chi connectivity index (χ2n) is 4.49. The molecule has 16 heavy (non-hydrogen) atoms. The quantitative estimate of drug-likeness (QED) is 0.686. The van der Waals surface area contributed by atoms with Crippen LogP contribution in [0.1, 0.15) is 32.3 Å². The SMILES string of the molecule is COCCCCn1ccc(CNC(C)C)c1. The van der Waals surface area contributed by atoms with E-state index in [0.717, 1.165) is 26.1 Å². The van der Waals surface area contributed by atoms with Crippen molar-refractivity contribution in [2.75, 3.05) is 13.7 Å². The molecule has 0 bridgehead atoms. The standard InChI is InChI=1S/C13H24N2O/c1-12(2)14-10-13-6-8-15(11-13)7-4-5-9-16-3/h6,8,11-12,14H,4-5,7,9-10H2,1-3H3. The molecule has 0 saturated heterocycles. The fourth-order valence-electron chi connectivity index (χ4n) is 1.60. The van der Waals surface area contributed by atoms with Gasteiger partial charge in [-0.25, -0.2) is 0 Å². The number of unbranched alkanes of at least 4 members (excludes halogenated alkanes) is 1. The maximum atomic E-state index is 5.03. The van der Waals surface area contributed by atoms with Crippen molar-refractivity contribution in [3.63, 3.8) is 0 Å². The average molecular weight is 224 g/mol. The fourth-order valence-corrected chi connectivity index (χ4v) is 1.60. The van der Waals surface area contributed by atoms with Crippen LogP contribution in [0.3, 0.4) is 0 Å². The molecule has 3 heteroatoms. The van der Waals surface area contributed by atoms with Crippen LogP contribution in [0.2, 0.25) is 0 Å². The first-order valence-electron chi connectivity index (χ1n) is 6.09. The van der Waals surface area contributed by atoms with Gasteiger partial charge in [0.2, 0.25) is 0 Å². The molecule has 1 aromatic heterocycles. The monoisotopic (exact) mass is 224 g/mol. The van der Waals surface area contributed by atoms with Gasteiger partial charge in [0, 0.05) is 45.2 Å². The predicted octanol–water partition coefficient (Wildman–Crippen LogP) is 2.41. The van der Waals surface area contributed by atoms with Crippen molar-refractivity contribution in [1.82, 2.24) is 9.88 Å². The van der Waals surface area contributed by atoms with Gasteiger partial charge >= 0.3 is 0 Å². The number of methoxy groups -OCH3 is 1. The molecule has 0 amide bonds. The number of ether oxygens (including phenoxy) is 1. The number of hydrogen-bond donors (Lipinski definition) is 1. The molecular weight excluding hydrogens is 200 g/mol. The molecule has 1 rings (SSSR count). The Hall–Kier alpha value is -0.800. The Morgan fingerprint density at radius 1 is 1.38 bits per heavy atom. The molecule has 1 heterocycles. The summed E-state index contributed by atoms with van der Waals surface area (Å²) in [5.74, 6) is 0. The van der Waals surface area contributed by atoms with Crippen LogP contribution >= 0.6 is 0 Å². The van der Waals surface area contributed by atoms with E-state index in [1.807, 2.05) is 0 Å². The van der Waals surface area contributed by atoms with Crippen molar-refractivity contribution < 1.29 is 4.74 Å². The summed E-state index contributed by atoms with van der Waals surface area (Å²) in [7, 11) is 1.76. The van der Waals surface area contributed by atoms with E-state index in [2.05, 4.69) is 42.2 Å². The van der Waals surface area contributed by atoms with Crippen LogP contribution in [0.4, 0.5) is 0 Å². The van der Waals surface area contributed by atoms with E-state index in [-0.39, 0.29) is 0 Å². The summed E-state index contributed by atoms with van der Waals surface area (Å²) in [5.41, 5.74) is 1.36. The van der Waals surface area contributed by atoms with Crippen LogP contribution in [0.25, 0.3) is 0 Å². The smallest absolute Gasteiger partial charge is 0.0462 e. The first kappa shape index (κ1) is 13.3. The lowest BCUT2D eigenvalue weighted by molar-refractivity contribution is 0.191. The van der Waals surface area contributed by atoms with Crippen molar-refractivity contribution >= 4 is 0 Å². The van der Waals surface area contributed by atoms with Gasteiger partial charge in [0.25, 0.3) is 0 Å². The van der Waals surface area contributed by atoms with E-state index >= 15 is 0 Å². The highest BCUT2D eigenvalue weighted by molar-refractivity contribution is 5.09. The molecule has 0 radical (unpaired) electrons. The van der Waals surface area contributed by atoms with Gasteiger partial charge in [-0.2, -0.15) is 0 Å². The maximum absolute atomic E-state index is 5.03. The van der Waals surface area contributed by atoms with E-state index in [4.69, 9.17) is 4.74 Å². The van der Waals surface area contributed by atoms with Crippen molar-refractivity contribution in [2.45, 2.75) is 45.8 Å². The largest absolute Gasteiger partial charge is 0.385 e. The van der Waals surface area contributed by atoms with Crippen LogP contribution in [0.15, 0.2) is 18.5 Å². The lowest BCUT2D eigenvalue weighted by Gasteiger charge is -2.06. The van der Waals surface area contributed by atoms with E-state index in [1.165, 1.54) is 12.0 Å². The van der Waals surface area contributed by atoms with Crippen LogP contribution in [-0.4, -0.2) is 24.3 Å². The Morgan fingerprint density at radius 2 is 2.19 bits per heavy atom. The minimum Gasteiger partial charge on any atom is -0.385 e. The summed E-state index contributed by atoms with van der Waals surface area (Å²) in [6.07, 6.45) is 6.69. The van der Waals surface area contributed by atoms with E-state index in [9.17, 15) is 0 Å². The molecule has 0 spiro atoms. The molecule has 0 saturated carbocycles. The summed E-state index contributed by atoms with van der Waals surface area (Å²) in [4.78, 5) is 0. The first-order valence-corrected chi connectivity index (χ1v) is 6.09. The summed E-state index contributed by atoms with van der Waals surface area (Å²) < 4.78 is 7.29. The van der Waals surface area contributed by atoms with Gasteiger partial charge in [-0.1, -0.05) is 13.8 Å². The number of aryl methyl sites for hydroxylation is 1. The normalized spacial score (nSPS) is 11.2. The molecule has 0 fully saturated rings. The Balaban J connectivity index is 2.22. The van der Waals surface area contributed by atoms with E-state index in [1.54, 1.807) is 7.11 Å². The van der Waals surface area contributed by atoms with Gasteiger partial charge in [0.05, 0.1) is 0 Å². The number of aromatic nitrogens is 1. The van der Waals surface area contributed by atoms with E-state index < -0.39 is 0 Å². The molecule has 0 unspecified atom stereocenters. The van der Waals surface area contributed by atoms with Crippen LogP contribution in [0.5, 0.6) is 0 Å². The summed E-state index contributed by atoms with van der Waals surface area (Å²) in [6, 6.07) is 2.73. The zero-order valence-corrected chi connectivity index (χ0v) is 10.7. The molecular formula is C13H24N2O. The van der Waals surface area contributed by atoms with Crippen LogP contribution in [0, 0.1) is 0 Å². The van der Waals surface area contributed by atoms with Crippen molar-refractivity contribution in [3.8, 4) is 0 Å². The molecule has 1 N–H and O–H groups in total. The number of hydrogen-bond acceptors (Lipinski definition) is 2. The lowest BCUT2D eigenvalue weighted by Crippen LogP contribution is -2.21. The third kappa shape index (κ3) is 5.33. The molecule has 3 nitrogen and oxygen atoms in total. The molecule has 1 aromatic rings. The van der Waals surface area contributed by atoms with Gasteiger partial charge in [0.1, 0.15) is 0 Å². The minimum atomic E-state index is 0.546. The van der Waals surface area contributed by atoms with Gasteiger partial charge in [0.15, 0.2) is 0 Å². The fraction of sp³-hybridized carbons (Fsp3) is 0.692. The maximum Gasteiger partial charge on any atom is 0.0462 e. The highest BCUT2D eigenvalue weighted by Gasteiger charge is 1.98. The van der Waals surface area contributed by atoms with Crippen molar-refractivity contribution in [3.05, 3.63) is 24.0 Å². The van der Waals surface area contributed by atoms with Gasteiger partial charge in [-0.05, 0) is 24.5 Å². The lowest BCUT2D eigenvalue weighted by atomic mass is 10.3. The predicted molar refractivity (Wildman–Crippen MR) is 67.5 cm³/mol. The Labute approximate surface area is 98.8 Å². The zero-order chi connectivity index (χ0) is 11.8. The summed E-state index contributed by atoms with van der Waals surface area (Å²) in [5, 5.41) is 3.42. The Bertz CT molecular complexity index is 281. The third-order valence-electron chi connectivity index (χ3n) is 2.54. The minimum absolute atomic E-state index is 0.546. The molecule has 92 valence electrons. The number of nitrogens with one attached hydrogen (secondary N) is 1. The Morgan fingerprint density at radius 3 is 2.88 bits per heavy atom. The van der Waals surface area contributed by atoms with Crippen LogP contribution in [-0.2, 0) is 17.8 Å². The van der Waals surface area contributed by atoms with Crippen LogP contribution < -0.4 is 5.32 Å². The van der Waals surface area contributed by atoms with E-state index in [0.29, 0.717) is 6.04 Å². The van der Waals surface area contributed by atoms with Gasteiger partial charge in [-0.15, -0.1) is 0 Å². The zero-order valence-electron chi connectivity index (χ0n) is 10.7. The highest BCUT2D eigenvalue weighted by atomic mass is 16.5. The second-order valence-corrected chi connectivity index (χ2v) is 4.49. The molecule has 0 atom stereocenters. The van der Waals surface area contributed by atoms with Crippen molar-refractivity contribution in [2.24, 2.45) is 0 Å². The molecule has 0 aliphatic rings. The number of rotatable bonds is 8. The second kappa shape index (κ2) is 7.47. The summed E-state index contributed by atoms with van der Waals surface area (Å²) in [6.45, 7) is 7.25. The van der Waals surface area contributed by atoms with Crippen molar-refractivity contribution in [1.29, 1.82) is 0 Å². The highest BCUT2D eigenvalue weighted by Crippen LogP contribution is 2.03. The van der Waals surface area contributed by atoms with Gasteiger partial charge < -0.3 is 14.6 Å². The summed E-state index contributed by atoms with van der Waals surface area (Å²) >= 11 is 0. The average Bonchev–Trinajstić information content (AvgIpc) is 2.70. The third-order valence-corrected chi connectivity index (χ3v) is 2.54. The topological polar surface area (TPSA) is 26.2 Å². The first-order chi connectivity index (χ1) is 7.72. The molecule has 0 aromatic carbocycles. The number of nitrogens with zero attached hydrogens (tertiary/aromatic N) is 1. The Kier molecular flexibility index (Phi) is 6.19. The molecule has 0 aliphatic heterocycles.